The maximum Gasteiger partial charge on any atom is 0.261 e. The number of carbonyl (C=O) groups excluding carboxylic acids is 1. The summed E-state index contributed by atoms with van der Waals surface area (Å²) >= 11 is 0. The van der Waals surface area contributed by atoms with Crippen LogP contribution in [0.1, 0.15) is 10.4 Å². The first-order chi connectivity index (χ1) is 10.5. The fourth-order valence-electron chi connectivity index (χ4n) is 2.04. The van der Waals surface area contributed by atoms with Gasteiger partial charge in [-0.05, 0) is 42.5 Å². The number of phenols is 1. The predicted molar refractivity (Wildman–Crippen MR) is 78.1 cm³/mol. The van der Waals surface area contributed by atoms with E-state index in [-0.39, 0.29) is 16.9 Å². The van der Waals surface area contributed by atoms with Crippen molar-refractivity contribution in [2.75, 3.05) is 5.32 Å². The Hall–Kier alpha value is -3.15. The van der Waals surface area contributed by atoms with Gasteiger partial charge >= 0.3 is 0 Å². The van der Waals surface area contributed by atoms with Crippen LogP contribution in [0.4, 0.5) is 10.1 Å². The highest BCUT2D eigenvalue weighted by molar-refractivity contribution is 6.05. The van der Waals surface area contributed by atoms with Crippen molar-refractivity contribution >= 4 is 22.6 Å². The van der Waals surface area contributed by atoms with E-state index in [2.05, 4.69) is 5.32 Å². The van der Waals surface area contributed by atoms with Crippen LogP contribution in [0.2, 0.25) is 0 Å². The minimum atomic E-state index is -0.578. The Morgan fingerprint density at radius 1 is 1.18 bits per heavy atom. The molecule has 3 rings (SSSR count). The summed E-state index contributed by atoms with van der Waals surface area (Å²) in [5.74, 6) is -1.03. The first kappa shape index (κ1) is 13.8. The van der Waals surface area contributed by atoms with Crippen LogP contribution in [-0.4, -0.2) is 11.0 Å². The molecule has 22 heavy (non-hydrogen) atoms. The van der Waals surface area contributed by atoms with Gasteiger partial charge in [0.25, 0.3) is 5.91 Å². The SMILES string of the molecule is N=c1oc2cccc(O)c2cc1C(=O)Nc1ccc(F)cc1. The van der Waals surface area contributed by atoms with E-state index < -0.39 is 11.7 Å². The molecule has 6 heteroatoms. The monoisotopic (exact) mass is 298 g/mol. The molecule has 5 nitrogen and oxygen atoms in total. The van der Waals surface area contributed by atoms with Crippen LogP contribution in [0.15, 0.2) is 52.9 Å². The van der Waals surface area contributed by atoms with Crippen LogP contribution in [0.5, 0.6) is 5.75 Å². The second kappa shape index (κ2) is 5.33. The van der Waals surface area contributed by atoms with Gasteiger partial charge in [-0.15, -0.1) is 0 Å². The molecule has 110 valence electrons. The minimum absolute atomic E-state index is 0.0293. The van der Waals surface area contributed by atoms with Crippen LogP contribution in [0, 0.1) is 11.2 Å². The minimum Gasteiger partial charge on any atom is -0.507 e. The average molecular weight is 298 g/mol. The Morgan fingerprint density at radius 3 is 2.64 bits per heavy atom. The van der Waals surface area contributed by atoms with E-state index in [1.54, 1.807) is 12.1 Å². The Kier molecular flexibility index (Phi) is 3.34. The lowest BCUT2D eigenvalue weighted by atomic mass is 10.1. The van der Waals surface area contributed by atoms with Crippen LogP contribution in [0.25, 0.3) is 11.0 Å². The van der Waals surface area contributed by atoms with Gasteiger partial charge in [0.1, 0.15) is 22.7 Å². The Bertz CT molecular complexity index is 917. The van der Waals surface area contributed by atoms with Gasteiger partial charge in [0.05, 0.1) is 5.39 Å². The van der Waals surface area contributed by atoms with Crippen molar-refractivity contribution in [1.82, 2.24) is 0 Å². The molecular weight excluding hydrogens is 287 g/mol. The van der Waals surface area contributed by atoms with Crippen molar-refractivity contribution in [2.45, 2.75) is 0 Å². The average Bonchev–Trinajstić information content (AvgIpc) is 2.49. The number of fused-ring (bicyclic) bond motifs is 1. The Labute approximate surface area is 124 Å². The highest BCUT2D eigenvalue weighted by Crippen LogP contribution is 2.23. The van der Waals surface area contributed by atoms with Crippen molar-refractivity contribution in [3.05, 3.63) is 65.5 Å². The zero-order chi connectivity index (χ0) is 15.7. The molecule has 3 N–H and O–H groups in total. The number of hydrogen-bond donors (Lipinski definition) is 3. The van der Waals surface area contributed by atoms with Crippen LogP contribution in [-0.2, 0) is 0 Å². The number of phenolic OH excluding ortho intramolecular Hbond substituents is 1. The summed E-state index contributed by atoms with van der Waals surface area (Å²) in [6, 6.07) is 11.3. The lowest BCUT2D eigenvalue weighted by Gasteiger charge is -2.06. The molecule has 0 aliphatic carbocycles. The Balaban J connectivity index is 2.00. The van der Waals surface area contributed by atoms with Crippen molar-refractivity contribution in [3.8, 4) is 5.75 Å². The molecule has 1 heterocycles. The molecule has 0 aliphatic heterocycles. The Morgan fingerprint density at radius 2 is 1.91 bits per heavy atom. The first-order valence-corrected chi connectivity index (χ1v) is 6.42. The number of benzene rings is 2. The van der Waals surface area contributed by atoms with E-state index >= 15 is 0 Å². The number of rotatable bonds is 2. The normalized spacial score (nSPS) is 10.6. The molecule has 0 radical (unpaired) electrons. The summed E-state index contributed by atoms with van der Waals surface area (Å²) in [6.07, 6.45) is 0. The fraction of sp³-hybridized carbons (Fsp3) is 0. The lowest BCUT2D eigenvalue weighted by Crippen LogP contribution is -2.20. The number of nitrogens with one attached hydrogen (secondary N) is 2. The van der Waals surface area contributed by atoms with Crippen molar-refractivity contribution < 1.29 is 18.7 Å². The standard InChI is InChI=1S/C16H11FN2O3/c17-9-4-6-10(7-5-9)19-16(21)12-8-11-13(20)2-1-3-14(11)22-15(12)18/h1-8,18,20H,(H,19,21). The van der Waals surface area contributed by atoms with Crippen molar-refractivity contribution in [3.63, 3.8) is 0 Å². The number of carbonyl (C=O) groups is 1. The van der Waals surface area contributed by atoms with E-state index in [1.165, 1.54) is 36.4 Å². The largest absolute Gasteiger partial charge is 0.507 e. The maximum absolute atomic E-state index is 12.8. The molecule has 0 atom stereocenters. The van der Waals surface area contributed by atoms with Gasteiger partial charge in [-0.3, -0.25) is 10.2 Å². The molecule has 0 fully saturated rings. The van der Waals surface area contributed by atoms with Gasteiger partial charge < -0.3 is 14.8 Å². The number of anilines is 1. The highest BCUT2D eigenvalue weighted by atomic mass is 19.1. The lowest BCUT2D eigenvalue weighted by molar-refractivity contribution is 0.102. The summed E-state index contributed by atoms with van der Waals surface area (Å²) < 4.78 is 18.1. The second-order valence-electron chi connectivity index (χ2n) is 4.64. The molecule has 0 aliphatic rings. The molecule has 0 unspecified atom stereocenters. The summed E-state index contributed by atoms with van der Waals surface area (Å²) in [5.41, 5.74) is 0.350. The predicted octanol–water partition coefficient (Wildman–Crippen LogP) is 3.01. The second-order valence-corrected chi connectivity index (χ2v) is 4.64. The third kappa shape index (κ3) is 2.54. The van der Waals surface area contributed by atoms with E-state index in [0.717, 1.165) is 0 Å². The summed E-state index contributed by atoms with van der Waals surface area (Å²) in [4.78, 5) is 12.2. The zero-order valence-corrected chi connectivity index (χ0v) is 11.3. The third-order valence-corrected chi connectivity index (χ3v) is 3.14. The zero-order valence-electron chi connectivity index (χ0n) is 11.3. The van der Waals surface area contributed by atoms with E-state index in [4.69, 9.17) is 9.83 Å². The molecule has 2 aromatic carbocycles. The van der Waals surface area contributed by atoms with Gasteiger partial charge in [-0.2, -0.15) is 0 Å². The molecule has 0 saturated carbocycles. The van der Waals surface area contributed by atoms with Gasteiger partial charge in [0.2, 0.25) is 5.55 Å². The number of amides is 1. The summed E-state index contributed by atoms with van der Waals surface area (Å²) in [6.45, 7) is 0. The quantitative estimate of drug-likeness (QED) is 0.679. The number of aromatic hydroxyl groups is 1. The summed E-state index contributed by atoms with van der Waals surface area (Å²) in [7, 11) is 0. The van der Waals surface area contributed by atoms with E-state index in [1.807, 2.05) is 0 Å². The number of halogens is 1. The topological polar surface area (TPSA) is 86.3 Å². The number of hydrogen-bond acceptors (Lipinski definition) is 4. The van der Waals surface area contributed by atoms with E-state index in [0.29, 0.717) is 16.7 Å². The molecule has 1 amide bonds. The van der Waals surface area contributed by atoms with Crippen LogP contribution < -0.4 is 10.9 Å². The van der Waals surface area contributed by atoms with Gasteiger partial charge in [-0.1, -0.05) is 6.07 Å². The smallest absolute Gasteiger partial charge is 0.261 e. The van der Waals surface area contributed by atoms with Crippen LogP contribution >= 0.6 is 0 Å². The molecule has 1 aromatic heterocycles. The maximum atomic E-state index is 12.8. The molecule has 3 aromatic rings. The molecular formula is C16H11FN2O3. The van der Waals surface area contributed by atoms with Crippen LogP contribution in [0.3, 0.4) is 0 Å². The summed E-state index contributed by atoms with van der Waals surface area (Å²) in [5, 5.41) is 20.5. The van der Waals surface area contributed by atoms with Gasteiger partial charge in [0, 0.05) is 5.69 Å². The fourth-order valence-corrected chi connectivity index (χ4v) is 2.04. The first-order valence-electron chi connectivity index (χ1n) is 6.42. The van der Waals surface area contributed by atoms with Crippen molar-refractivity contribution in [1.29, 1.82) is 5.41 Å². The highest BCUT2D eigenvalue weighted by Gasteiger charge is 2.13. The molecule has 0 saturated heterocycles. The van der Waals surface area contributed by atoms with E-state index in [9.17, 15) is 14.3 Å². The molecule has 0 spiro atoms. The molecule has 0 bridgehead atoms. The van der Waals surface area contributed by atoms with Gasteiger partial charge in [-0.25, -0.2) is 4.39 Å². The van der Waals surface area contributed by atoms with Gasteiger partial charge in [0.15, 0.2) is 0 Å². The van der Waals surface area contributed by atoms with Crippen molar-refractivity contribution in [2.24, 2.45) is 0 Å². The third-order valence-electron chi connectivity index (χ3n) is 3.14.